The molecule has 7 nitrogen and oxygen atoms in total. The molecule has 0 aliphatic carbocycles. The lowest BCUT2D eigenvalue weighted by molar-refractivity contribution is 0.0944. The van der Waals surface area contributed by atoms with Gasteiger partial charge < -0.3 is 9.73 Å². The molecule has 3 heterocycles. The van der Waals surface area contributed by atoms with Gasteiger partial charge in [-0.1, -0.05) is 6.92 Å². The summed E-state index contributed by atoms with van der Waals surface area (Å²) in [5.41, 5.74) is 2.61. The van der Waals surface area contributed by atoms with Gasteiger partial charge in [-0.25, -0.2) is 0 Å². The fraction of sp³-hybridized carbons (Fsp3) is 0.350. The van der Waals surface area contributed by atoms with Gasteiger partial charge in [0, 0.05) is 31.2 Å². The maximum absolute atomic E-state index is 12.7. The van der Waals surface area contributed by atoms with Gasteiger partial charge in [-0.3, -0.25) is 14.0 Å². The lowest BCUT2D eigenvalue weighted by atomic mass is 10.1. The Morgan fingerprint density at radius 3 is 2.63 bits per heavy atom. The molecule has 0 aliphatic heterocycles. The molecule has 0 aliphatic rings. The van der Waals surface area contributed by atoms with E-state index < -0.39 is 0 Å². The van der Waals surface area contributed by atoms with Crippen molar-refractivity contribution in [3.05, 3.63) is 58.9 Å². The summed E-state index contributed by atoms with van der Waals surface area (Å²) in [7, 11) is 0. The number of nitriles is 1. The van der Waals surface area contributed by atoms with Crippen molar-refractivity contribution >= 4 is 5.91 Å². The second-order valence-corrected chi connectivity index (χ2v) is 6.84. The average molecular weight is 365 g/mol. The van der Waals surface area contributed by atoms with Crippen LogP contribution >= 0.6 is 0 Å². The third-order valence-corrected chi connectivity index (χ3v) is 4.44. The fourth-order valence-electron chi connectivity index (χ4n) is 3.13. The minimum absolute atomic E-state index is 0.189. The topological polar surface area (TPSA) is 88.8 Å². The Labute approximate surface area is 158 Å². The summed E-state index contributed by atoms with van der Waals surface area (Å²) in [6, 6.07) is 7.80. The third kappa shape index (κ3) is 3.80. The van der Waals surface area contributed by atoms with E-state index in [1.54, 1.807) is 23.9 Å². The van der Waals surface area contributed by atoms with Gasteiger partial charge in [0.25, 0.3) is 5.91 Å². The Bertz CT molecular complexity index is 989. The predicted molar refractivity (Wildman–Crippen MR) is 101 cm³/mol. The predicted octanol–water partition coefficient (Wildman–Crippen LogP) is 3.13. The van der Waals surface area contributed by atoms with E-state index in [9.17, 15) is 10.1 Å². The number of carbonyl (C=O) groups is 1. The SMILES string of the molecule is Cc1cc(C)n(CC(C)CNC(=O)c2c(C)oc(-n3cccc3)c2C#N)n1. The first-order valence-electron chi connectivity index (χ1n) is 8.86. The van der Waals surface area contributed by atoms with E-state index in [0.717, 1.165) is 11.4 Å². The maximum Gasteiger partial charge on any atom is 0.256 e. The van der Waals surface area contributed by atoms with E-state index in [4.69, 9.17) is 4.42 Å². The molecule has 3 aromatic heterocycles. The van der Waals surface area contributed by atoms with Gasteiger partial charge in [0.1, 0.15) is 23.0 Å². The highest BCUT2D eigenvalue weighted by molar-refractivity contribution is 5.98. The lowest BCUT2D eigenvalue weighted by Gasteiger charge is -2.14. The average Bonchev–Trinajstić information content (AvgIpc) is 3.32. The van der Waals surface area contributed by atoms with Crippen molar-refractivity contribution in [2.45, 2.75) is 34.2 Å². The third-order valence-electron chi connectivity index (χ3n) is 4.44. The van der Waals surface area contributed by atoms with Crippen molar-refractivity contribution in [1.29, 1.82) is 5.26 Å². The van der Waals surface area contributed by atoms with Gasteiger partial charge in [0.2, 0.25) is 5.88 Å². The van der Waals surface area contributed by atoms with Crippen molar-refractivity contribution in [3.63, 3.8) is 0 Å². The zero-order valence-corrected chi connectivity index (χ0v) is 16.0. The van der Waals surface area contributed by atoms with E-state index in [0.29, 0.717) is 30.3 Å². The van der Waals surface area contributed by atoms with Crippen LogP contribution in [-0.4, -0.2) is 26.8 Å². The zero-order chi connectivity index (χ0) is 19.6. The summed E-state index contributed by atoms with van der Waals surface area (Å²) < 4.78 is 9.32. The van der Waals surface area contributed by atoms with E-state index in [1.807, 2.05) is 36.7 Å². The molecule has 0 aromatic carbocycles. The molecular formula is C20H23N5O2. The molecule has 0 spiro atoms. The van der Waals surface area contributed by atoms with E-state index in [-0.39, 0.29) is 17.4 Å². The van der Waals surface area contributed by atoms with Crippen LogP contribution in [0.5, 0.6) is 0 Å². The van der Waals surface area contributed by atoms with E-state index >= 15 is 0 Å². The molecule has 0 bridgehead atoms. The highest BCUT2D eigenvalue weighted by atomic mass is 16.4. The van der Waals surface area contributed by atoms with Crippen LogP contribution < -0.4 is 5.32 Å². The van der Waals surface area contributed by atoms with Crippen LogP contribution in [0.15, 0.2) is 35.0 Å². The molecule has 1 unspecified atom stereocenters. The molecular weight excluding hydrogens is 342 g/mol. The molecule has 27 heavy (non-hydrogen) atoms. The summed E-state index contributed by atoms with van der Waals surface area (Å²) in [6.07, 6.45) is 3.55. The zero-order valence-electron chi connectivity index (χ0n) is 16.0. The van der Waals surface area contributed by atoms with Gasteiger partial charge >= 0.3 is 0 Å². The summed E-state index contributed by atoms with van der Waals surface area (Å²) in [5, 5.41) is 16.9. The number of hydrogen-bond donors (Lipinski definition) is 1. The Balaban J connectivity index is 1.71. The standard InChI is InChI=1S/C20H23N5O2/c1-13(12-25-15(3)9-14(2)23-25)11-22-19(26)18-16(4)27-20(17(18)10-21)24-7-5-6-8-24/h5-9,13H,11-12H2,1-4H3,(H,22,26). The maximum atomic E-state index is 12.7. The number of aromatic nitrogens is 3. The molecule has 0 fully saturated rings. The molecule has 7 heteroatoms. The fourth-order valence-corrected chi connectivity index (χ4v) is 3.13. The first-order chi connectivity index (χ1) is 12.9. The molecule has 0 radical (unpaired) electrons. The quantitative estimate of drug-likeness (QED) is 0.727. The monoisotopic (exact) mass is 365 g/mol. The molecule has 1 atom stereocenters. The smallest absolute Gasteiger partial charge is 0.256 e. The molecule has 0 saturated heterocycles. The normalized spacial score (nSPS) is 12.0. The number of aryl methyl sites for hydroxylation is 3. The first kappa shape index (κ1) is 18.5. The van der Waals surface area contributed by atoms with Crippen LogP contribution in [0.1, 0.15) is 40.0 Å². The second-order valence-electron chi connectivity index (χ2n) is 6.84. The number of rotatable bonds is 6. The Hall–Kier alpha value is -3.27. The van der Waals surface area contributed by atoms with Gasteiger partial charge in [-0.15, -0.1) is 0 Å². The molecule has 1 amide bonds. The number of hydrogen-bond acceptors (Lipinski definition) is 4. The van der Waals surface area contributed by atoms with Crippen LogP contribution in [0.3, 0.4) is 0 Å². The minimum Gasteiger partial charge on any atom is -0.443 e. The molecule has 3 rings (SSSR count). The number of amides is 1. The first-order valence-corrected chi connectivity index (χ1v) is 8.86. The van der Waals surface area contributed by atoms with Gasteiger partial charge in [0.15, 0.2) is 0 Å². The Morgan fingerprint density at radius 2 is 2.04 bits per heavy atom. The number of furan rings is 1. The molecule has 3 aromatic rings. The van der Waals surface area contributed by atoms with Crippen molar-refractivity contribution in [2.75, 3.05) is 6.54 Å². The van der Waals surface area contributed by atoms with E-state index in [1.165, 1.54) is 0 Å². The summed E-state index contributed by atoms with van der Waals surface area (Å²) >= 11 is 0. The molecule has 0 saturated carbocycles. The van der Waals surface area contributed by atoms with Crippen LogP contribution in [0.2, 0.25) is 0 Å². The second kappa shape index (κ2) is 7.54. The van der Waals surface area contributed by atoms with Crippen molar-refractivity contribution in [1.82, 2.24) is 19.7 Å². The van der Waals surface area contributed by atoms with Crippen LogP contribution in [-0.2, 0) is 6.54 Å². The Kier molecular flexibility index (Phi) is 5.17. The highest BCUT2D eigenvalue weighted by Crippen LogP contribution is 2.25. The van der Waals surface area contributed by atoms with E-state index in [2.05, 4.69) is 23.4 Å². The van der Waals surface area contributed by atoms with Crippen molar-refractivity contribution < 1.29 is 9.21 Å². The minimum atomic E-state index is -0.300. The van der Waals surface area contributed by atoms with Gasteiger partial charge in [-0.2, -0.15) is 10.4 Å². The molecule has 140 valence electrons. The van der Waals surface area contributed by atoms with Crippen molar-refractivity contribution in [3.8, 4) is 12.0 Å². The van der Waals surface area contributed by atoms with Crippen LogP contribution in [0, 0.1) is 38.0 Å². The number of nitrogens with one attached hydrogen (secondary N) is 1. The summed E-state index contributed by atoms with van der Waals surface area (Å²) in [6.45, 7) is 8.92. The lowest BCUT2D eigenvalue weighted by Crippen LogP contribution is -2.31. The summed E-state index contributed by atoms with van der Waals surface area (Å²) in [5.74, 6) is 0.680. The van der Waals surface area contributed by atoms with Gasteiger partial charge in [-0.05, 0) is 44.9 Å². The summed E-state index contributed by atoms with van der Waals surface area (Å²) in [4.78, 5) is 12.7. The van der Waals surface area contributed by atoms with Crippen LogP contribution in [0.25, 0.3) is 5.88 Å². The Morgan fingerprint density at radius 1 is 1.33 bits per heavy atom. The number of nitrogens with zero attached hydrogens (tertiary/aromatic N) is 4. The highest BCUT2D eigenvalue weighted by Gasteiger charge is 2.24. The largest absolute Gasteiger partial charge is 0.443 e. The molecule has 1 N–H and O–H groups in total. The van der Waals surface area contributed by atoms with Gasteiger partial charge in [0.05, 0.1) is 5.69 Å². The van der Waals surface area contributed by atoms with Crippen LogP contribution in [0.4, 0.5) is 0 Å². The number of carbonyl (C=O) groups excluding carboxylic acids is 1. The van der Waals surface area contributed by atoms with Crippen molar-refractivity contribution in [2.24, 2.45) is 5.92 Å².